The molecule has 108 valence electrons. The molecule has 1 rings (SSSR count). The Morgan fingerprint density at radius 1 is 1.05 bits per heavy atom. The monoisotopic (exact) mass is 268 g/mol. The van der Waals surface area contributed by atoms with Crippen molar-refractivity contribution in [3.63, 3.8) is 0 Å². The van der Waals surface area contributed by atoms with E-state index in [2.05, 4.69) is 19.2 Å². The van der Waals surface area contributed by atoms with Crippen LogP contribution in [0.4, 0.5) is 5.69 Å². The molecule has 3 N–H and O–H groups in total. The number of nitrogens with two attached hydrogens (primary N) is 1. The van der Waals surface area contributed by atoms with Crippen LogP contribution in [0, 0.1) is 5.92 Å². The van der Waals surface area contributed by atoms with Crippen LogP contribution >= 0.6 is 0 Å². The molecule has 5 nitrogen and oxygen atoms in total. The van der Waals surface area contributed by atoms with E-state index in [-0.39, 0.29) is 6.04 Å². The molecular weight excluding hydrogens is 244 g/mol. The topological polar surface area (TPSA) is 65.7 Å². The molecule has 1 aromatic carbocycles. The minimum absolute atomic E-state index is 0.149. The third-order valence-electron chi connectivity index (χ3n) is 3.10. The summed E-state index contributed by atoms with van der Waals surface area (Å²) in [6.45, 7) is 4.77. The average Bonchev–Trinajstić information content (AvgIpc) is 2.43. The predicted molar refractivity (Wildman–Crippen MR) is 77.4 cm³/mol. The molecule has 1 unspecified atom stereocenters. The lowest BCUT2D eigenvalue weighted by molar-refractivity contribution is 0.376. The summed E-state index contributed by atoms with van der Waals surface area (Å²) in [5.41, 5.74) is 6.59. The lowest BCUT2D eigenvalue weighted by atomic mass is 10.0. The summed E-state index contributed by atoms with van der Waals surface area (Å²) in [7, 11) is 4.84. The Labute approximate surface area is 115 Å². The van der Waals surface area contributed by atoms with Gasteiger partial charge in [0.15, 0.2) is 0 Å². The van der Waals surface area contributed by atoms with Gasteiger partial charge in [-0.05, 0) is 5.92 Å². The highest BCUT2D eigenvalue weighted by molar-refractivity contribution is 5.69. The van der Waals surface area contributed by atoms with E-state index >= 15 is 0 Å². The van der Waals surface area contributed by atoms with Crippen molar-refractivity contribution in [2.75, 3.05) is 33.2 Å². The number of methoxy groups -OCH3 is 3. The Balaban J connectivity index is 3.16. The first-order valence-corrected chi connectivity index (χ1v) is 6.34. The van der Waals surface area contributed by atoms with E-state index in [1.807, 2.05) is 12.1 Å². The van der Waals surface area contributed by atoms with Crippen LogP contribution in [0.2, 0.25) is 0 Å². The highest BCUT2D eigenvalue weighted by Gasteiger charge is 2.18. The number of hydrogen-bond acceptors (Lipinski definition) is 5. The van der Waals surface area contributed by atoms with Crippen LogP contribution in [0.5, 0.6) is 17.2 Å². The zero-order valence-electron chi connectivity index (χ0n) is 12.3. The fourth-order valence-electron chi connectivity index (χ4n) is 1.83. The van der Waals surface area contributed by atoms with E-state index in [0.29, 0.717) is 29.7 Å². The minimum atomic E-state index is 0.149. The zero-order valence-corrected chi connectivity index (χ0v) is 12.3. The second-order valence-corrected chi connectivity index (χ2v) is 4.64. The molecule has 1 aromatic rings. The molecule has 0 aliphatic carbocycles. The summed E-state index contributed by atoms with van der Waals surface area (Å²) in [6, 6.07) is 3.79. The number of hydrogen-bond donors (Lipinski definition) is 2. The first kappa shape index (κ1) is 15.4. The van der Waals surface area contributed by atoms with Gasteiger partial charge in [-0.3, -0.25) is 0 Å². The van der Waals surface area contributed by atoms with Crippen molar-refractivity contribution in [1.29, 1.82) is 0 Å². The van der Waals surface area contributed by atoms with Crippen LogP contribution in [0.1, 0.15) is 13.8 Å². The number of ether oxygens (including phenoxy) is 3. The van der Waals surface area contributed by atoms with Gasteiger partial charge in [0.1, 0.15) is 22.9 Å². The standard InChI is InChI=1S/C14H24N2O3/c1-9(2)11(8-15)16-14-12(18-4)6-10(17-3)7-13(14)19-5/h6-7,9,11,16H,8,15H2,1-5H3. The average molecular weight is 268 g/mol. The van der Waals surface area contributed by atoms with Gasteiger partial charge in [-0.15, -0.1) is 0 Å². The Hall–Kier alpha value is -1.62. The van der Waals surface area contributed by atoms with Crippen molar-refractivity contribution in [2.45, 2.75) is 19.9 Å². The number of rotatable bonds is 7. The van der Waals surface area contributed by atoms with E-state index in [1.165, 1.54) is 0 Å². The van der Waals surface area contributed by atoms with Crippen molar-refractivity contribution >= 4 is 5.69 Å². The van der Waals surface area contributed by atoms with Crippen molar-refractivity contribution in [2.24, 2.45) is 11.7 Å². The van der Waals surface area contributed by atoms with Gasteiger partial charge in [0, 0.05) is 24.7 Å². The molecule has 0 amide bonds. The summed E-state index contributed by atoms with van der Waals surface area (Å²) in [5.74, 6) is 2.44. The Bertz CT molecular complexity index is 383. The van der Waals surface area contributed by atoms with E-state index in [9.17, 15) is 0 Å². The molecule has 0 heterocycles. The second kappa shape index (κ2) is 7.09. The molecule has 0 spiro atoms. The molecule has 0 saturated carbocycles. The van der Waals surface area contributed by atoms with Crippen molar-refractivity contribution in [3.05, 3.63) is 12.1 Å². The molecule has 1 atom stereocenters. The quantitative estimate of drug-likeness (QED) is 0.793. The van der Waals surface area contributed by atoms with Gasteiger partial charge in [-0.1, -0.05) is 13.8 Å². The van der Waals surface area contributed by atoms with Gasteiger partial charge in [0.2, 0.25) is 0 Å². The van der Waals surface area contributed by atoms with Gasteiger partial charge in [0.05, 0.1) is 21.3 Å². The largest absolute Gasteiger partial charge is 0.496 e. The highest BCUT2D eigenvalue weighted by atomic mass is 16.5. The third kappa shape index (κ3) is 3.67. The van der Waals surface area contributed by atoms with Gasteiger partial charge in [-0.25, -0.2) is 0 Å². The van der Waals surface area contributed by atoms with Crippen molar-refractivity contribution in [1.82, 2.24) is 0 Å². The molecule has 0 aliphatic rings. The van der Waals surface area contributed by atoms with Gasteiger partial charge in [-0.2, -0.15) is 0 Å². The molecule has 0 bridgehead atoms. The van der Waals surface area contributed by atoms with E-state index < -0.39 is 0 Å². The van der Waals surface area contributed by atoms with Crippen molar-refractivity contribution < 1.29 is 14.2 Å². The van der Waals surface area contributed by atoms with E-state index in [1.54, 1.807) is 21.3 Å². The van der Waals surface area contributed by atoms with Gasteiger partial charge in [0.25, 0.3) is 0 Å². The fourth-order valence-corrected chi connectivity index (χ4v) is 1.83. The van der Waals surface area contributed by atoms with Crippen LogP contribution in [0.15, 0.2) is 12.1 Å². The number of nitrogens with one attached hydrogen (secondary N) is 1. The second-order valence-electron chi connectivity index (χ2n) is 4.64. The summed E-state index contributed by atoms with van der Waals surface area (Å²) < 4.78 is 16.0. The summed E-state index contributed by atoms with van der Waals surface area (Å²) >= 11 is 0. The lowest BCUT2D eigenvalue weighted by Gasteiger charge is -2.24. The summed E-state index contributed by atoms with van der Waals surface area (Å²) in [5, 5.41) is 3.39. The van der Waals surface area contributed by atoms with Crippen LogP contribution in [0.3, 0.4) is 0 Å². The fraction of sp³-hybridized carbons (Fsp3) is 0.571. The minimum Gasteiger partial charge on any atom is -0.496 e. The molecular formula is C14H24N2O3. The Kier molecular flexibility index (Phi) is 5.76. The predicted octanol–water partition coefficient (Wildman–Crippen LogP) is 2.11. The lowest BCUT2D eigenvalue weighted by Crippen LogP contribution is -2.34. The maximum atomic E-state index is 5.79. The highest BCUT2D eigenvalue weighted by Crippen LogP contribution is 2.39. The number of anilines is 1. The van der Waals surface area contributed by atoms with Gasteiger partial charge >= 0.3 is 0 Å². The van der Waals surface area contributed by atoms with E-state index in [4.69, 9.17) is 19.9 Å². The third-order valence-corrected chi connectivity index (χ3v) is 3.10. The molecule has 0 aromatic heterocycles. The molecule has 0 radical (unpaired) electrons. The van der Waals surface area contributed by atoms with Gasteiger partial charge < -0.3 is 25.3 Å². The maximum Gasteiger partial charge on any atom is 0.149 e. The molecule has 0 saturated heterocycles. The molecule has 0 fully saturated rings. The maximum absolute atomic E-state index is 5.79. The summed E-state index contributed by atoms with van der Waals surface area (Å²) in [6.07, 6.45) is 0. The van der Waals surface area contributed by atoms with Crippen LogP contribution in [-0.4, -0.2) is 33.9 Å². The molecule has 5 heteroatoms. The number of benzene rings is 1. The first-order valence-electron chi connectivity index (χ1n) is 6.34. The van der Waals surface area contributed by atoms with Crippen LogP contribution in [0.25, 0.3) is 0 Å². The smallest absolute Gasteiger partial charge is 0.149 e. The first-order chi connectivity index (χ1) is 9.07. The normalized spacial score (nSPS) is 12.2. The van der Waals surface area contributed by atoms with Crippen LogP contribution < -0.4 is 25.3 Å². The van der Waals surface area contributed by atoms with E-state index in [0.717, 1.165) is 5.69 Å². The Morgan fingerprint density at radius 2 is 1.58 bits per heavy atom. The van der Waals surface area contributed by atoms with Crippen molar-refractivity contribution in [3.8, 4) is 17.2 Å². The summed E-state index contributed by atoms with van der Waals surface area (Å²) in [4.78, 5) is 0. The molecule has 19 heavy (non-hydrogen) atoms. The molecule has 0 aliphatic heterocycles. The SMILES string of the molecule is COc1cc(OC)c(NC(CN)C(C)C)c(OC)c1. The zero-order chi connectivity index (χ0) is 14.4. The Morgan fingerprint density at radius 3 is 1.89 bits per heavy atom. The van der Waals surface area contributed by atoms with Crippen LogP contribution in [-0.2, 0) is 0 Å².